The number of halogens is 1. The topological polar surface area (TPSA) is 47.0 Å². The molecule has 0 atom stereocenters. The summed E-state index contributed by atoms with van der Waals surface area (Å²) in [5.41, 5.74) is 1.28. The fourth-order valence-electron chi connectivity index (χ4n) is 2.61. The molecule has 4 nitrogen and oxygen atoms in total. The maximum absolute atomic E-state index is 5.46. The van der Waals surface area contributed by atoms with E-state index in [1.807, 2.05) is 0 Å². The normalized spacial score (nSPS) is 20.1. The van der Waals surface area contributed by atoms with Crippen LogP contribution in [0.15, 0.2) is 0 Å². The Bertz CT molecular complexity index is 470. The van der Waals surface area contributed by atoms with Crippen LogP contribution in [0.25, 0.3) is 0 Å². The zero-order valence-corrected chi connectivity index (χ0v) is 14.1. The molecule has 0 radical (unpaired) electrons. The first-order valence-electron chi connectivity index (χ1n) is 7.68. The molecule has 1 aromatic heterocycles. The van der Waals surface area contributed by atoms with Gasteiger partial charge in [-0.05, 0) is 54.7 Å². The van der Waals surface area contributed by atoms with Crippen LogP contribution in [0.2, 0.25) is 0 Å². The highest BCUT2D eigenvalue weighted by Crippen LogP contribution is 2.43. The minimum atomic E-state index is 0.473. The van der Waals surface area contributed by atoms with E-state index >= 15 is 0 Å². The Morgan fingerprint density at radius 1 is 1.15 bits per heavy atom. The lowest BCUT2D eigenvalue weighted by molar-refractivity contribution is 0.0835. The van der Waals surface area contributed by atoms with Crippen LogP contribution < -0.4 is 5.32 Å². The highest BCUT2D eigenvalue weighted by molar-refractivity contribution is 14.1. The molecule has 0 unspecified atom stereocenters. The summed E-state index contributed by atoms with van der Waals surface area (Å²) < 4.78 is 6.69. The lowest BCUT2D eigenvalue weighted by Gasteiger charge is -2.22. The molecule has 0 bridgehead atoms. The fourth-order valence-corrected chi connectivity index (χ4v) is 3.48. The lowest BCUT2D eigenvalue weighted by atomic mass is 9.99. The highest BCUT2D eigenvalue weighted by Gasteiger charge is 2.30. The fraction of sp³-hybridized carbons (Fsp3) is 0.733. The number of anilines is 1. The van der Waals surface area contributed by atoms with Crippen molar-refractivity contribution in [2.24, 2.45) is 0 Å². The van der Waals surface area contributed by atoms with Crippen LogP contribution >= 0.6 is 22.6 Å². The smallest absolute Gasteiger partial charge is 0.143 e. The predicted molar refractivity (Wildman–Crippen MR) is 88.3 cm³/mol. The minimum Gasteiger partial charge on any atom is -0.381 e. The first kappa shape index (κ1) is 14.5. The van der Waals surface area contributed by atoms with E-state index in [0.717, 1.165) is 50.7 Å². The molecule has 1 saturated carbocycles. The van der Waals surface area contributed by atoms with Gasteiger partial charge in [-0.15, -0.1) is 0 Å². The summed E-state index contributed by atoms with van der Waals surface area (Å²) in [6, 6.07) is 0. The van der Waals surface area contributed by atoms with Crippen molar-refractivity contribution in [1.82, 2.24) is 9.97 Å². The number of nitrogens with one attached hydrogen (secondary N) is 1. The SMILES string of the molecule is CCCNc1nc(C2CCOCC2)nc(C2CC2)c1I. The van der Waals surface area contributed by atoms with E-state index in [4.69, 9.17) is 14.7 Å². The molecule has 1 aliphatic carbocycles. The molecule has 20 heavy (non-hydrogen) atoms. The van der Waals surface area contributed by atoms with Crippen molar-refractivity contribution in [2.45, 2.75) is 50.9 Å². The minimum absolute atomic E-state index is 0.473. The molecular formula is C15H22IN3O. The van der Waals surface area contributed by atoms with Gasteiger partial charge in [0.1, 0.15) is 11.6 Å². The number of rotatable bonds is 5. The molecule has 2 aliphatic rings. The van der Waals surface area contributed by atoms with E-state index in [1.54, 1.807) is 0 Å². The summed E-state index contributed by atoms with van der Waals surface area (Å²) in [5, 5.41) is 3.48. The second-order valence-electron chi connectivity index (χ2n) is 5.72. The lowest BCUT2D eigenvalue weighted by Crippen LogP contribution is -2.19. The Hall–Kier alpha value is -0.430. The molecular weight excluding hydrogens is 365 g/mol. The molecule has 1 aromatic rings. The molecule has 0 amide bonds. The van der Waals surface area contributed by atoms with Gasteiger partial charge in [0.2, 0.25) is 0 Å². The number of ether oxygens (including phenoxy) is 1. The highest BCUT2D eigenvalue weighted by atomic mass is 127. The van der Waals surface area contributed by atoms with E-state index < -0.39 is 0 Å². The van der Waals surface area contributed by atoms with E-state index in [0.29, 0.717) is 11.8 Å². The molecule has 5 heteroatoms. The molecule has 2 fully saturated rings. The van der Waals surface area contributed by atoms with Gasteiger partial charge < -0.3 is 10.1 Å². The van der Waals surface area contributed by atoms with Crippen molar-refractivity contribution in [3.8, 4) is 0 Å². The number of aromatic nitrogens is 2. The van der Waals surface area contributed by atoms with Crippen LogP contribution in [-0.2, 0) is 4.74 Å². The molecule has 0 spiro atoms. The monoisotopic (exact) mass is 387 g/mol. The largest absolute Gasteiger partial charge is 0.381 e. The van der Waals surface area contributed by atoms with Crippen molar-refractivity contribution in [2.75, 3.05) is 25.1 Å². The first-order chi connectivity index (χ1) is 9.79. The molecule has 1 aliphatic heterocycles. The molecule has 3 rings (SSSR count). The van der Waals surface area contributed by atoms with Gasteiger partial charge in [0.15, 0.2) is 0 Å². The second-order valence-corrected chi connectivity index (χ2v) is 6.80. The first-order valence-corrected chi connectivity index (χ1v) is 8.76. The zero-order valence-electron chi connectivity index (χ0n) is 12.0. The van der Waals surface area contributed by atoms with Gasteiger partial charge in [-0.25, -0.2) is 9.97 Å². The third-order valence-corrected chi connectivity index (χ3v) is 5.05. The van der Waals surface area contributed by atoms with Crippen molar-refractivity contribution >= 4 is 28.4 Å². The van der Waals surface area contributed by atoms with Crippen molar-refractivity contribution in [3.05, 3.63) is 15.1 Å². The van der Waals surface area contributed by atoms with E-state index in [9.17, 15) is 0 Å². The van der Waals surface area contributed by atoms with Crippen molar-refractivity contribution < 1.29 is 4.74 Å². The Kier molecular flexibility index (Phi) is 4.75. The van der Waals surface area contributed by atoms with Gasteiger partial charge in [0.05, 0.1) is 9.26 Å². The van der Waals surface area contributed by atoms with Crippen LogP contribution in [0, 0.1) is 3.57 Å². The average molecular weight is 387 g/mol. The van der Waals surface area contributed by atoms with Crippen LogP contribution in [0.3, 0.4) is 0 Å². The molecule has 110 valence electrons. The average Bonchev–Trinajstić information content (AvgIpc) is 3.32. The molecule has 1 N–H and O–H groups in total. The molecule has 0 aromatic carbocycles. The van der Waals surface area contributed by atoms with Gasteiger partial charge in [-0.3, -0.25) is 0 Å². The quantitative estimate of drug-likeness (QED) is 0.784. The maximum Gasteiger partial charge on any atom is 0.143 e. The van der Waals surface area contributed by atoms with Crippen LogP contribution in [-0.4, -0.2) is 29.7 Å². The van der Waals surface area contributed by atoms with Gasteiger partial charge in [-0.2, -0.15) is 0 Å². The van der Waals surface area contributed by atoms with E-state index in [2.05, 4.69) is 34.8 Å². The molecule has 1 saturated heterocycles. The Morgan fingerprint density at radius 2 is 1.90 bits per heavy atom. The number of hydrogen-bond acceptors (Lipinski definition) is 4. The summed E-state index contributed by atoms with van der Waals surface area (Å²) in [5.74, 6) is 3.23. The van der Waals surface area contributed by atoms with E-state index in [1.165, 1.54) is 22.1 Å². The summed E-state index contributed by atoms with van der Waals surface area (Å²) in [6.45, 7) is 4.85. The van der Waals surface area contributed by atoms with E-state index in [-0.39, 0.29) is 0 Å². The summed E-state index contributed by atoms with van der Waals surface area (Å²) in [4.78, 5) is 9.73. The Balaban J connectivity index is 1.89. The number of nitrogens with zero attached hydrogens (tertiary/aromatic N) is 2. The van der Waals surface area contributed by atoms with Crippen molar-refractivity contribution in [3.63, 3.8) is 0 Å². The van der Waals surface area contributed by atoms with Crippen LogP contribution in [0.1, 0.15) is 62.4 Å². The standard InChI is InChI=1S/C15H22IN3O/c1-2-7-17-15-12(16)13(10-3-4-10)18-14(19-15)11-5-8-20-9-6-11/h10-11H,2-9H2,1H3,(H,17,18,19). The van der Waals surface area contributed by atoms with Gasteiger partial charge in [-0.1, -0.05) is 6.92 Å². The summed E-state index contributed by atoms with van der Waals surface area (Å²) >= 11 is 2.41. The third kappa shape index (κ3) is 3.24. The van der Waals surface area contributed by atoms with Crippen LogP contribution in [0.4, 0.5) is 5.82 Å². The zero-order chi connectivity index (χ0) is 13.9. The summed E-state index contributed by atoms with van der Waals surface area (Å²) in [6.07, 6.45) is 5.79. The Morgan fingerprint density at radius 3 is 2.55 bits per heavy atom. The van der Waals surface area contributed by atoms with Gasteiger partial charge in [0, 0.05) is 31.6 Å². The third-order valence-electron chi connectivity index (χ3n) is 3.99. The van der Waals surface area contributed by atoms with Crippen LogP contribution in [0.5, 0.6) is 0 Å². The number of hydrogen-bond donors (Lipinski definition) is 1. The van der Waals surface area contributed by atoms with Crippen molar-refractivity contribution in [1.29, 1.82) is 0 Å². The summed E-state index contributed by atoms with van der Waals surface area (Å²) in [7, 11) is 0. The van der Waals surface area contributed by atoms with Gasteiger partial charge in [0.25, 0.3) is 0 Å². The van der Waals surface area contributed by atoms with Gasteiger partial charge >= 0.3 is 0 Å². The second kappa shape index (κ2) is 6.56. The Labute approximate surface area is 134 Å². The predicted octanol–water partition coefficient (Wildman–Crippen LogP) is 3.67. The molecule has 2 heterocycles. The maximum atomic E-state index is 5.46.